The van der Waals surface area contributed by atoms with Crippen molar-refractivity contribution in [3.8, 4) is 11.5 Å². The molecule has 0 spiro atoms. The molecule has 0 unspecified atom stereocenters. The van der Waals surface area contributed by atoms with Gasteiger partial charge in [0.25, 0.3) is 0 Å². The van der Waals surface area contributed by atoms with Crippen molar-refractivity contribution in [3.63, 3.8) is 0 Å². The number of ether oxygens (including phenoxy) is 2. The highest BCUT2D eigenvalue weighted by atomic mass is 35.5. The zero-order valence-electron chi connectivity index (χ0n) is 18.0. The largest absolute Gasteiger partial charge is 0.497 e. The summed E-state index contributed by atoms with van der Waals surface area (Å²) in [4.78, 5) is 13.2. The van der Waals surface area contributed by atoms with Crippen LogP contribution in [0.5, 0.6) is 11.5 Å². The van der Waals surface area contributed by atoms with Crippen molar-refractivity contribution in [1.82, 2.24) is 5.32 Å². The van der Waals surface area contributed by atoms with Gasteiger partial charge in [0, 0.05) is 10.6 Å². The zero-order valence-corrected chi connectivity index (χ0v) is 20.3. The molecule has 1 N–H and O–H groups in total. The monoisotopic (exact) mass is 488 g/mol. The van der Waals surface area contributed by atoms with Gasteiger partial charge in [0.15, 0.2) is 0 Å². The van der Waals surface area contributed by atoms with Crippen molar-refractivity contribution in [3.05, 3.63) is 52.0 Å². The molecule has 7 nitrogen and oxygen atoms in total. The molecule has 2 aromatic rings. The number of nitrogens with zero attached hydrogens (tertiary/aromatic N) is 1. The minimum absolute atomic E-state index is 0.144. The van der Waals surface area contributed by atoms with Crippen LogP contribution >= 0.6 is 23.2 Å². The van der Waals surface area contributed by atoms with Crippen molar-refractivity contribution in [2.24, 2.45) is 0 Å². The Labute approximate surface area is 193 Å². The Bertz CT molecular complexity index is 1050. The first-order chi connectivity index (χ1) is 14.5. The number of amides is 1. The average molecular weight is 489 g/mol. The molecule has 0 heterocycles. The molecule has 0 aliphatic rings. The summed E-state index contributed by atoms with van der Waals surface area (Å²) in [7, 11) is -0.781. The minimum atomic E-state index is -3.85. The topological polar surface area (TPSA) is 84.9 Å². The van der Waals surface area contributed by atoms with E-state index in [0.29, 0.717) is 22.1 Å². The van der Waals surface area contributed by atoms with E-state index in [1.54, 1.807) is 45.2 Å². The summed E-state index contributed by atoms with van der Waals surface area (Å²) in [6.45, 7) is 3.50. The molecule has 0 aliphatic carbocycles. The molecular weight excluding hydrogens is 463 g/mol. The molecule has 0 aromatic heterocycles. The van der Waals surface area contributed by atoms with Gasteiger partial charge >= 0.3 is 0 Å². The van der Waals surface area contributed by atoms with E-state index < -0.39 is 28.0 Å². The van der Waals surface area contributed by atoms with E-state index in [9.17, 15) is 13.2 Å². The van der Waals surface area contributed by atoms with Gasteiger partial charge in [0.2, 0.25) is 15.9 Å². The maximum absolute atomic E-state index is 13.2. The van der Waals surface area contributed by atoms with Crippen molar-refractivity contribution < 1.29 is 22.7 Å². The Hall–Kier alpha value is -2.16. The lowest BCUT2D eigenvalue weighted by atomic mass is 10.1. The molecule has 0 aliphatic heterocycles. The Kier molecular flexibility index (Phi) is 8.45. The highest BCUT2D eigenvalue weighted by Crippen LogP contribution is 2.34. The lowest BCUT2D eigenvalue weighted by Crippen LogP contribution is -2.49. The van der Waals surface area contributed by atoms with Gasteiger partial charge < -0.3 is 14.8 Å². The van der Waals surface area contributed by atoms with Crippen LogP contribution < -0.4 is 19.1 Å². The maximum Gasteiger partial charge on any atom is 0.244 e. The van der Waals surface area contributed by atoms with Gasteiger partial charge in [-0.15, -0.1) is 0 Å². The number of sulfonamides is 1. The Morgan fingerprint density at radius 1 is 1.13 bits per heavy atom. The van der Waals surface area contributed by atoms with E-state index in [1.165, 1.54) is 19.2 Å². The summed E-state index contributed by atoms with van der Waals surface area (Å²) in [5, 5.41) is 3.35. The van der Waals surface area contributed by atoms with Crippen molar-refractivity contribution >= 4 is 44.8 Å². The van der Waals surface area contributed by atoms with E-state index in [4.69, 9.17) is 32.7 Å². The summed E-state index contributed by atoms with van der Waals surface area (Å²) in [5.41, 5.74) is 0.835. The predicted octanol–water partition coefficient (Wildman–Crippen LogP) is 4.43. The van der Waals surface area contributed by atoms with E-state index in [-0.39, 0.29) is 17.1 Å². The number of carbonyl (C=O) groups excluding carboxylic acids is 1. The fourth-order valence-electron chi connectivity index (χ4n) is 3.26. The molecule has 0 saturated heterocycles. The number of methoxy groups -OCH3 is 2. The van der Waals surface area contributed by atoms with Crippen LogP contribution in [0, 0.1) is 0 Å². The normalized spacial score (nSPS) is 13.3. The summed E-state index contributed by atoms with van der Waals surface area (Å²) in [6.07, 6.45) is 1.23. The van der Waals surface area contributed by atoms with Gasteiger partial charge in [0.1, 0.15) is 17.5 Å². The van der Waals surface area contributed by atoms with Crippen LogP contribution in [-0.4, -0.2) is 40.8 Å². The van der Waals surface area contributed by atoms with Gasteiger partial charge in [0.05, 0.1) is 37.2 Å². The molecule has 10 heteroatoms. The van der Waals surface area contributed by atoms with Gasteiger partial charge in [-0.25, -0.2) is 8.42 Å². The molecule has 0 saturated carbocycles. The van der Waals surface area contributed by atoms with Crippen LogP contribution in [0.2, 0.25) is 10.0 Å². The second-order valence-corrected chi connectivity index (χ2v) is 9.62. The first-order valence-corrected chi connectivity index (χ1v) is 12.1. The van der Waals surface area contributed by atoms with Crippen molar-refractivity contribution in [2.75, 3.05) is 24.8 Å². The minimum Gasteiger partial charge on any atom is -0.497 e. The van der Waals surface area contributed by atoms with Crippen molar-refractivity contribution in [1.29, 1.82) is 0 Å². The number of hydrogen-bond donors (Lipinski definition) is 1. The highest BCUT2D eigenvalue weighted by molar-refractivity contribution is 7.92. The summed E-state index contributed by atoms with van der Waals surface area (Å²) < 4.78 is 37.0. The molecular formula is C21H26Cl2N2O5S. The SMILES string of the molecule is CC[C@H](C(=O)N[C@@H](C)c1cc(OC)ccc1OC)N(c1cc(Cl)ccc1Cl)S(C)(=O)=O. The second kappa shape index (κ2) is 10.4. The maximum atomic E-state index is 13.2. The van der Waals surface area contributed by atoms with Crippen LogP contribution in [0.4, 0.5) is 5.69 Å². The molecule has 0 fully saturated rings. The smallest absolute Gasteiger partial charge is 0.244 e. The zero-order chi connectivity index (χ0) is 23.3. The summed E-state index contributed by atoms with van der Waals surface area (Å²) in [6, 6.07) is 8.19. The third-order valence-corrected chi connectivity index (χ3v) is 6.46. The van der Waals surface area contributed by atoms with Crippen LogP contribution in [0.1, 0.15) is 31.9 Å². The average Bonchev–Trinajstić information content (AvgIpc) is 2.72. The van der Waals surface area contributed by atoms with Crippen LogP contribution in [0.15, 0.2) is 36.4 Å². The fourth-order valence-corrected chi connectivity index (χ4v) is 4.90. The summed E-state index contributed by atoms with van der Waals surface area (Å²) >= 11 is 12.3. The lowest BCUT2D eigenvalue weighted by Gasteiger charge is -2.32. The number of carbonyl (C=O) groups is 1. The second-order valence-electron chi connectivity index (χ2n) is 6.92. The van der Waals surface area contributed by atoms with Crippen LogP contribution in [0.3, 0.4) is 0 Å². The van der Waals surface area contributed by atoms with Gasteiger partial charge in [-0.05, 0) is 49.7 Å². The van der Waals surface area contributed by atoms with Crippen LogP contribution in [-0.2, 0) is 14.8 Å². The van der Waals surface area contributed by atoms with Gasteiger partial charge in [-0.2, -0.15) is 0 Å². The molecule has 1 amide bonds. The van der Waals surface area contributed by atoms with Gasteiger partial charge in [-0.3, -0.25) is 9.10 Å². The molecule has 0 bridgehead atoms. The number of nitrogens with one attached hydrogen (secondary N) is 1. The quantitative estimate of drug-likeness (QED) is 0.563. The van der Waals surface area contributed by atoms with E-state index in [1.807, 2.05) is 0 Å². The fraction of sp³-hybridized carbons (Fsp3) is 0.381. The number of rotatable bonds is 9. The molecule has 0 radical (unpaired) electrons. The number of benzene rings is 2. The standard InChI is InChI=1S/C21H26Cl2N2O5S/c1-6-18(25(31(5,27)28)19-11-14(22)7-9-17(19)23)21(26)24-13(2)16-12-15(29-3)8-10-20(16)30-4/h7-13,18H,6H2,1-5H3,(H,24,26)/t13-,18+/m0/s1. The lowest BCUT2D eigenvalue weighted by molar-refractivity contribution is -0.122. The predicted molar refractivity (Wildman–Crippen MR) is 124 cm³/mol. The number of anilines is 1. The van der Waals surface area contributed by atoms with Crippen LogP contribution in [0.25, 0.3) is 0 Å². The summed E-state index contributed by atoms with van der Waals surface area (Å²) in [5.74, 6) is 0.688. The van der Waals surface area contributed by atoms with Gasteiger partial charge in [-0.1, -0.05) is 30.1 Å². The first kappa shape index (κ1) is 25.1. The number of hydrogen-bond acceptors (Lipinski definition) is 5. The molecule has 2 atom stereocenters. The highest BCUT2D eigenvalue weighted by Gasteiger charge is 2.33. The van der Waals surface area contributed by atoms with Crippen molar-refractivity contribution in [2.45, 2.75) is 32.4 Å². The Balaban J connectivity index is 2.42. The third kappa shape index (κ3) is 5.96. The molecule has 2 rings (SSSR count). The van der Waals surface area contributed by atoms with E-state index >= 15 is 0 Å². The number of halogens is 2. The Morgan fingerprint density at radius 2 is 1.81 bits per heavy atom. The molecule has 31 heavy (non-hydrogen) atoms. The van der Waals surface area contributed by atoms with E-state index in [0.717, 1.165) is 10.6 Å². The molecule has 170 valence electrons. The first-order valence-electron chi connectivity index (χ1n) is 9.50. The third-order valence-electron chi connectivity index (χ3n) is 4.74. The van der Waals surface area contributed by atoms with E-state index in [2.05, 4.69) is 5.32 Å². The molecule has 2 aromatic carbocycles. The Morgan fingerprint density at radius 3 is 2.35 bits per heavy atom.